The molecule has 2 rings (SSSR count). The number of nitrogens with two attached hydrogens (primary N) is 1. The Kier molecular flexibility index (Phi) is 3.56. The number of nitrogens with zero attached hydrogens (tertiary/aromatic N) is 2. The molecule has 2 aliphatic rings. The summed E-state index contributed by atoms with van der Waals surface area (Å²) in [4.78, 5) is 4.77. The molecule has 2 fully saturated rings. The van der Waals surface area contributed by atoms with E-state index in [4.69, 9.17) is 15.9 Å². The fourth-order valence-corrected chi connectivity index (χ4v) is 2.44. The standard InChI is InChI=1S/C10H20N4O/c11-10(12)8-13-2-1-9(7-13)14-3-5-15-6-4-14/h9H,1-8H2,(H3,11,12). The largest absolute Gasteiger partial charge is 0.387 e. The Hall–Kier alpha value is -0.650. The van der Waals surface area contributed by atoms with Crippen molar-refractivity contribution in [3.8, 4) is 0 Å². The summed E-state index contributed by atoms with van der Waals surface area (Å²) in [5.41, 5.74) is 5.40. The Balaban J connectivity index is 1.78. The van der Waals surface area contributed by atoms with Crippen LogP contribution in [-0.2, 0) is 4.74 Å². The van der Waals surface area contributed by atoms with Gasteiger partial charge in [-0.15, -0.1) is 0 Å². The Morgan fingerprint density at radius 3 is 2.73 bits per heavy atom. The van der Waals surface area contributed by atoms with Crippen molar-refractivity contribution in [2.24, 2.45) is 5.73 Å². The summed E-state index contributed by atoms with van der Waals surface area (Å²) in [6, 6.07) is 0.647. The third-order valence-corrected chi connectivity index (χ3v) is 3.20. The summed E-state index contributed by atoms with van der Waals surface area (Å²) >= 11 is 0. The molecule has 3 N–H and O–H groups in total. The lowest BCUT2D eigenvalue weighted by Crippen LogP contribution is -2.45. The number of hydrogen-bond donors (Lipinski definition) is 2. The Morgan fingerprint density at radius 1 is 1.33 bits per heavy atom. The molecule has 0 aromatic carbocycles. The molecule has 0 radical (unpaired) electrons. The van der Waals surface area contributed by atoms with Crippen LogP contribution in [0.5, 0.6) is 0 Å². The van der Waals surface area contributed by atoms with Crippen LogP contribution in [0.25, 0.3) is 0 Å². The van der Waals surface area contributed by atoms with Crippen LogP contribution < -0.4 is 5.73 Å². The van der Waals surface area contributed by atoms with Gasteiger partial charge in [-0.25, -0.2) is 0 Å². The van der Waals surface area contributed by atoms with Crippen molar-refractivity contribution in [3.05, 3.63) is 0 Å². The van der Waals surface area contributed by atoms with E-state index in [1.807, 2.05) is 0 Å². The van der Waals surface area contributed by atoms with Gasteiger partial charge in [0.1, 0.15) is 5.84 Å². The second-order valence-electron chi connectivity index (χ2n) is 4.35. The van der Waals surface area contributed by atoms with Gasteiger partial charge in [0.05, 0.1) is 19.8 Å². The smallest absolute Gasteiger partial charge is 0.105 e. The van der Waals surface area contributed by atoms with Gasteiger partial charge in [0, 0.05) is 32.2 Å². The van der Waals surface area contributed by atoms with Crippen molar-refractivity contribution in [3.63, 3.8) is 0 Å². The number of rotatable bonds is 3. The van der Waals surface area contributed by atoms with Crippen LogP contribution in [0.4, 0.5) is 0 Å². The monoisotopic (exact) mass is 212 g/mol. The van der Waals surface area contributed by atoms with Crippen LogP contribution in [0.1, 0.15) is 6.42 Å². The Labute approximate surface area is 90.7 Å². The molecule has 2 saturated heterocycles. The van der Waals surface area contributed by atoms with Gasteiger partial charge in [-0.3, -0.25) is 15.2 Å². The molecule has 0 aromatic rings. The van der Waals surface area contributed by atoms with E-state index in [1.54, 1.807) is 0 Å². The molecule has 0 aliphatic carbocycles. The van der Waals surface area contributed by atoms with Gasteiger partial charge in [0.2, 0.25) is 0 Å². The maximum absolute atomic E-state index is 7.27. The van der Waals surface area contributed by atoms with Gasteiger partial charge in [0.15, 0.2) is 0 Å². The normalized spacial score (nSPS) is 29.5. The van der Waals surface area contributed by atoms with Gasteiger partial charge >= 0.3 is 0 Å². The number of morpholine rings is 1. The topological polar surface area (TPSA) is 65.6 Å². The van der Waals surface area contributed by atoms with Crippen molar-refractivity contribution in [1.82, 2.24) is 9.80 Å². The number of ether oxygens (including phenoxy) is 1. The zero-order chi connectivity index (χ0) is 10.7. The highest BCUT2D eigenvalue weighted by atomic mass is 16.5. The van der Waals surface area contributed by atoms with Crippen LogP contribution in [0, 0.1) is 5.41 Å². The Bertz CT molecular complexity index is 227. The highest BCUT2D eigenvalue weighted by Gasteiger charge is 2.28. The lowest BCUT2D eigenvalue weighted by atomic mass is 10.2. The van der Waals surface area contributed by atoms with Gasteiger partial charge in [0.25, 0.3) is 0 Å². The molecular formula is C10H20N4O. The first-order valence-corrected chi connectivity index (χ1v) is 5.63. The number of nitrogens with one attached hydrogen (secondary N) is 1. The highest BCUT2D eigenvalue weighted by Crippen LogP contribution is 2.16. The van der Waals surface area contributed by atoms with Crippen LogP contribution >= 0.6 is 0 Å². The van der Waals surface area contributed by atoms with E-state index in [0.29, 0.717) is 12.6 Å². The molecule has 0 bridgehead atoms. The zero-order valence-electron chi connectivity index (χ0n) is 9.11. The number of likely N-dealkylation sites (tertiary alicyclic amines) is 1. The minimum absolute atomic E-state index is 0.276. The molecule has 5 heteroatoms. The molecule has 0 aromatic heterocycles. The molecule has 86 valence electrons. The minimum Gasteiger partial charge on any atom is -0.387 e. The van der Waals surface area contributed by atoms with Crippen LogP contribution in [0.15, 0.2) is 0 Å². The predicted octanol–water partition coefficient (Wildman–Crippen LogP) is -0.671. The first-order valence-electron chi connectivity index (χ1n) is 5.63. The zero-order valence-corrected chi connectivity index (χ0v) is 9.11. The lowest BCUT2D eigenvalue weighted by molar-refractivity contribution is 0.0188. The van der Waals surface area contributed by atoms with Crippen molar-refractivity contribution >= 4 is 5.84 Å². The molecule has 0 amide bonds. The van der Waals surface area contributed by atoms with Crippen molar-refractivity contribution in [2.75, 3.05) is 45.9 Å². The molecule has 1 unspecified atom stereocenters. The van der Waals surface area contributed by atoms with E-state index in [-0.39, 0.29) is 5.84 Å². The van der Waals surface area contributed by atoms with Gasteiger partial charge in [-0.1, -0.05) is 0 Å². The summed E-state index contributed by atoms with van der Waals surface area (Å²) < 4.78 is 5.34. The highest BCUT2D eigenvalue weighted by molar-refractivity contribution is 5.78. The average molecular weight is 212 g/mol. The first-order chi connectivity index (χ1) is 7.25. The maximum atomic E-state index is 7.27. The van der Waals surface area contributed by atoms with Crippen LogP contribution in [0.3, 0.4) is 0 Å². The molecule has 0 spiro atoms. The average Bonchev–Trinajstić information content (AvgIpc) is 2.67. The summed E-state index contributed by atoms with van der Waals surface area (Å²) in [7, 11) is 0. The maximum Gasteiger partial charge on any atom is 0.105 e. The molecule has 15 heavy (non-hydrogen) atoms. The predicted molar refractivity (Wildman–Crippen MR) is 59.2 cm³/mol. The van der Waals surface area contributed by atoms with E-state index in [2.05, 4.69) is 9.80 Å². The van der Waals surface area contributed by atoms with E-state index < -0.39 is 0 Å². The van der Waals surface area contributed by atoms with Gasteiger partial charge in [-0.2, -0.15) is 0 Å². The van der Waals surface area contributed by atoms with Crippen molar-refractivity contribution in [1.29, 1.82) is 5.41 Å². The van der Waals surface area contributed by atoms with Crippen molar-refractivity contribution < 1.29 is 4.74 Å². The molecule has 5 nitrogen and oxygen atoms in total. The van der Waals surface area contributed by atoms with Crippen molar-refractivity contribution in [2.45, 2.75) is 12.5 Å². The first kappa shape index (κ1) is 10.9. The molecular weight excluding hydrogens is 192 g/mol. The minimum atomic E-state index is 0.276. The SMILES string of the molecule is N=C(N)CN1CCC(N2CCOCC2)C1. The molecule has 0 saturated carbocycles. The van der Waals surface area contributed by atoms with Gasteiger partial charge in [-0.05, 0) is 6.42 Å². The van der Waals surface area contributed by atoms with E-state index in [9.17, 15) is 0 Å². The molecule has 2 heterocycles. The van der Waals surface area contributed by atoms with Crippen LogP contribution in [-0.4, -0.2) is 67.6 Å². The van der Waals surface area contributed by atoms with E-state index >= 15 is 0 Å². The Morgan fingerprint density at radius 2 is 2.07 bits per heavy atom. The number of amidine groups is 1. The summed E-state index contributed by atoms with van der Waals surface area (Å²) in [6.45, 7) is 6.59. The second-order valence-corrected chi connectivity index (χ2v) is 4.35. The lowest BCUT2D eigenvalue weighted by Gasteiger charge is -2.32. The number of hydrogen-bond acceptors (Lipinski definition) is 4. The summed E-state index contributed by atoms with van der Waals surface area (Å²) in [6.07, 6.45) is 1.20. The summed E-state index contributed by atoms with van der Waals surface area (Å²) in [5, 5.41) is 7.27. The quantitative estimate of drug-likeness (QED) is 0.481. The van der Waals surface area contributed by atoms with E-state index in [0.717, 1.165) is 39.4 Å². The fraction of sp³-hybridized carbons (Fsp3) is 0.900. The van der Waals surface area contributed by atoms with Gasteiger partial charge < -0.3 is 10.5 Å². The van der Waals surface area contributed by atoms with E-state index in [1.165, 1.54) is 6.42 Å². The van der Waals surface area contributed by atoms with Crippen LogP contribution in [0.2, 0.25) is 0 Å². The molecule has 2 aliphatic heterocycles. The fourth-order valence-electron chi connectivity index (χ4n) is 2.44. The molecule has 1 atom stereocenters. The third kappa shape index (κ3) is 2.90. The third-order valence-electron chi connectivity index (χ3n) is 3.20. The summed E-state index contributed by atoms with van der Waals surface area (Å²) in [5.74, 6) is 0.276. The second kappa shape index (κ2) is 4.92.